The van der Waals surface area contributed by atoms with Gasteiger partial charge in [-0.25, -0.2) is 0 Å². The van der Waals surface area contributed by atoms with Gasteiger partial charge in [-0.2, -0.15) is 0 Å². The normalized spacial score (nSPS) is 9.67. The van der Waals surface area contributed by atoms with Gasteiger partial charge in [0, 0.05) is 13.3 Å². The fourth-order valence-electron chi connectivity index (χ4n) is 0.105. The summed E-state index contributed by atoms with van der Waals surface area (Å²) in [6, 6.07) is 0. The number of aliphatic imine (C=N–C) groups is 1. The van der Waals surface area contributed by atoms with E-state index >= 15 is 0 Å². The molecule has 0 heterocycles. The van der Waals surface area contributed by atoms with Crippen molar-refractivity contribution >= 4 is 18.3 Å². The first-order chi connectivity index (χ1) is 2.91. The van der Waals surface area contributed by atoms with Crippen molar-refractivity contribution in [3.8, 4) is 0 Å². The lowest BCUT2D eigenvalue weighted by molar-refractivity contribution is 1.41. The van der Waals surface area contributed by atoms with Crippen molar-refractivity contribution in [1.82, 2.24) is 4.72 Å². The minimum Gasteiger partial charge on any atom is -0.321 e. The van der Waals surface area contributed by atoms with Gasteiger partial charge in [-0.3, -0.25) is 4.99 Å². The zero-order valence-corrected chi connectivity index (χ0v) is 4.75. The minimum absolute atomic E-state index is 1.53. The van der Waals surface area contributed by atoms with Crippen LogP contribution in [-0.2, 0) is 0 Å². The van der Waals surface area contributed by atoms with Crippen LogP contribution in [0.3, 0.4) is 0 Å². The summed E-state index contributed by atoms with van der Waals surface area (Å²) in [6.07, 6.45) is 3.59. The fraction of sp³-hybridized carbons (Fsp3) is 0.667. The Labute approximate surface area is 42.2 Å². The molecule has 36 valence electrons. The summed E-state index contributed by atoms with van der Waals surface area (Å²) in [5.41, 5.74) is 0. The van der Waals surface area contributed by atoms with Gasteiger partial charge >= 0.3 is 0 Å². The second-order valence-electron chi connectivity index (χ2n) is 0.709. The molecule has 0 saturated heterocycles. The fourth-order valence-corrected chi connectivity index (χ4v) is 0.316. The van der Waals surface area contributed by atoms with E-state index in [2.05, 4.69) is 9.71 Å². The summed E-state index contributed by atoms with van der Waals surface area (Å²) in [5.74, 6) is 0. The van der Waals surface area contributed by atoms with Crippen LogP contribution in [0.15, 0.2) is 4.99 Å². The molecular weight excluding hydrogens is 96.1 g/mol. The van der Waals surface area contributed by atoms with Crippen LogP contribution in [0, 0.1) is 0 Å². The largest absolute Gasteiger partial charge is 0.321 e. The highest BCUT2D eigenvalue weighted by molar-refractivity contribution is 7.97. The average molecular weight is 104 g/mol. The molecule has 0 fully saturated rings. The van der Waals surface area contributed by atoms with E-state index < -0.39 is 0 Å². The smallest absolute Gasteiger partial charge is 0.0919 e. The molecule has 0 radical (unpaired) electrons. The summed E-state index contributed by atoms with van der Waals surface area (Å²) < 4.78 is 2.82. The number of nitrogens with one attached hydrogen (secondary N) is 1. The second-order valence-corrected chi connectivity index (χ2v) is 1.35. The first kappa shape index (κ1) is 5.82. The number of rotatable bonds is 2. The van der Waals surface area contributed by atoms with Crippen molar-refractivity contribution in [3.63, 3.8) is 0 Å². The van der Waals surface area contributed by atoms with Crippen LogP contribution in [0.4, 0.5) is 0 Å². The van der Waals surface area contributed by atoms with Gasteiger partial charge in [-0.1, -0.05) is 11.9 Å². The maximum atomic E-state index is 3.67. The van der Waals surface area contributed by atoms with Gasteiger partial charge in [0.25, 0.3) is 0 Å². The quantitative estimate of drug-likeness (QED) is 0.313. The zero-order valence-electron chi connectivity index (χ0n) is 3.93. The minimum atomic E-state index is 1.53. The molecule has 0 aromatic rings. The molecule has 6 heavy (non-hydrogen) atoms. The van der Waals surface area contributed by atoms with Gasteiger partial charge in [-0.15, -0.1) is 0 Å². The molecule has 0 saturated carbocycles. The molecule has 0 aromatic carbocycles. The topological polar surface area (TPSA) is 24.4 Å². The third kappa shape index (κ3) is 3.82. The lowest BCUT2D eigenvalue weighted by Crippen LogP contribution is -1.95. The van der Waals surface area contributed by atoms with E-state index in [4.69, 9.17) is 0 Å². The van der Waals surface area contributed by atoms with Crippen molar-refractivity contribution in [3.05, 3.63) is 0 Å². The monoisotopic (exact) mass is 104 g/mol. The Morgan fingerprint density at radius 1 is 1.83 bits per heavy atom. The molecule has 1 N–H and O–H groups in total. The van der Waals surface area contributed by atoms with Crippen LogP contribution in [0.5, 0.6) is 0 Å². The van der Waals surface area contributed by atoms with E-state index in [0.717, 1.165) is 0 Å². The number of nitrogens with zero attached hydrogens (tertiary/aromatic N) is 1. The van der Waals surface area contributed by atoms with E-state index in [9.17, 15) is 0 Å². The van der Waals surface area contributed by atoms with Gasteiger partial charge in [0.1, 0.15) is 0 Å². The van der Waals surface area contributed by atoms with Crippen molar-refractivity contribution < 1.29 is 0 Å². The van der Waals surface area contributed by atoms with E-state index in [1.807, 2.05) is 6.26 Å². The second kappa shape index (κ2) is 4.82. The van der Waals surface area contributed by atoms with Crippen molar-refractivity contribution in [1.29, 1.82) is 0 Å². The maximum Gasteiger partial charge on any atom is 0.0919 e. The molecule has 0 aliphatic rings. The van der Waals surface area contributed by atoms with Gasteiger partial charge < -0.3 is 4.72 Å². The molecule has 0 rings (SSSR count). The van der Waals surface area contributed by atoms with Gasteiger partial charge in [0.05, 0.1) is 6.34 Å². The molecule has 0 aliphatic carbocycles. The Morgan fingerprint density at radius 3 is 2.67 bits per heavy atom. The van der Waals surface area contributed by atoms with Gasteiger partial charge in [0.15, 0.2) is 0 Å². The van der Waals surface area contributed by atoms with Gasteiger partial charge in [-0.05, 0) is 0 Å². The molecule has 0 unspecified atom stereocenters. The molecule has 0 bridgehead atoms. The molecule has 0 aromatic heterocycles. The van der Waals surface area contributed by atoms with Crippen LogP contribution >= 0.6 is 11.9 Å². The van der Waals surface area contributed by atoms with Crippen LogP contribution < -0.4 is 4.72 Å². The first-order valence-electron chi connectivity index (χ1n) is 1.61. The number of hydrogen-bond donors (Lipinski definition) is 1. The SMILES string of the molecule is CN=CNSC. The van der Waals surface area contributed by atoms with Crippen LogP contribution in [0.25, 0.3) is 0 Å². The van der Waals surface area contributed by atoms with E-state index in [-0.39, 0.29) is 0 Å². The van der Waals surface area contributed by atoms with Crippen molar-refractivity contribution in [2.75, 3.05) is 13.3 Å². The first-order valence-corrected chi connectivity index (χ1v) is 2.83. The molecule has 0 spiro atoms. The molecule has 0 atom stereocenters. The highest BCUT2D eigenvalue weighted by Crippen LogP contribution is 1.73. The van der Waals surface area contributed by atoms with Crippen LogP contribution in [0.2, 0.25) is 0 Å². The third-order valence-electron chi connectivity index (χ3n) is 0.300. The van der Waals surface area contributed by atoms with Crippen molar-refractivity contribution in [2.45, 2.75) is 0 Å². The highest BCUT2D eigenvalue weighted by Gasteiger charge is 1.59. The Balaban J connectivity index is 2.66. The molecule has 0 aliphatic heterocycles. The summed E-state index contributed by atoms with van der Waals surface area (Å²) in [7, 11) is 1.73. The summed E-state index contributed by atoms with van der Waals surface area (Å²) >= 11 is 1.53. The van der Waals surface area contributed by atoms with Gasteiger partial charge in [0.2, 0.25) is 0 Å². The highest BCUT2D eigenvalue weighted by atomic mass is 32.2. The lowest BCUT2D eigenvalue weighted by atomic mass is 11.3. The molecule has 0 amide bonds. The van der Waals surface area contributed by atoms with E-state index in [1.54, 1.807) is 13.4 Å². The predicted octanol–water partition coefficient (Wildman–Crippen LogP) is 0.512. The van der Waals surface area contributed by atoms with Crippen molar-refractivity contribution in [2.24, 2.45) is 4.99 Å². The van der Waals surface area contributed by atoms with Crippen LogP contribution in [-0.4, -0.2) is 19.6 Å². The predicted molar refractivity (Wildman–Crippen MR) is 31.1 cm³/mol. The maximum absolute atomic E-state index is 3.67. The third-order valence-corrected chi connectivity index (χ3v) is 0.641. The zero-order chi connectivity index (χ0) is 4.83. The Kier molecular flexibility index (Phi) is 4.68. The average Bonchev–Trinajstić information content (AvgIpc) is 1.61. The lowest BCUT2D eigenvalue weighted by Gasteiger charge is -1.83. The molecule has 3 heteroatoms. The summed E-state index contributed by atoms with van der Waals surface area (Å²) in [4.78, 5) is 3.67. The molecular formula is C3H8N2S. The van der Waals surface area contributed by atoms with E-state index in [0.29, 0.717) is 0 Å². The van der Waals surface area contributed by atoms with Crippen LogP contribution in [0.1, 0.15) is 0 Å². The summed E-state index contributed by atoms with van der Waals surface area (Å²) in [5, 5.41) is 0. The van der Waals surface area contributed by atoms with E-state index in [1.165, 1.54) is 11.9 Å². The standard InChI is InChI=1S/C3H8N2S/c1-4-3-5-6-2/h3H,1-2H3,(H,4,5). The molecule has 2 nitrogen and oxygen atoms in total. The Hall–Kier alpha value is -0.180. The number of hydrogen-bond acceptors (Lipinski definition) is 2. The Bertz CT molecular complexity index is 44.1. The Morgan fingerprint density at radius 2 is 2.50 bits per heavy atom. The summed E-state index contributed by atoms with van der Waals surface area (Å²) in [6.45, 7) is 0.